The standard InChI is InChI=1S/C20H31NO6S/c1-5-26-20-15(7-6-9-22)16(14-8-10-28-13-14)11-17(27-20)19(23)21(2)12-18(24-3)25-4/h8,10-11,13,15-16,18,20,22H,5-7,9,12H2,1-4H3/t15-,16+,20+/m1/s1. The molecule has 2 heterocycles. The van der Waals surface area contributed by atoms with Crippen molar-refractivity contribution in [3.8, 4) is 0 Å². The molecular formula is C20H31NO6S. The Morgan fingerprint density at radius 1 is 1.39 bits per heavy atom. The Hall–Kier alpha value is -1.45. The summed E-state index contributed by atoms with van der Waals surface area (Å²) in [6, 6.07) is 2.06. The van der Waals surface area contributed by atoms with Crippen LogP contribution in [-0.2, 0) is 23.7 Å². The summed E-state index contributed by atoms with van der Waals surface area (Å²) in [5.74, 6) is 0.0262. The van der Waals surface area contributed by atoms with E-state index in [0.717, 1.165) is 12.0 Å². The van der Waals surface area contributed by atoms with E-state index in [1.807, 2.05) is 18.4 Å². The average Bonchev–Trinajstić information content (AvgIpc) is 3.24. The van der Waals surface area contributed by atoms with Gasteiger partial charge in [-0.15, -0.1) is 0 Å². The van der Waals surface area contributed by atoms with Crippen molar-refractivity contribution in [2.75, 3.05) is 41.0 Å². The van der Waals surface area contributed by atoms with Gasteiger partial charge in [0.25, 0.3) is 5.91 Å². The number of aliphatic hydroxyl groups is 1. The fourth-order valence-electron chi connectivity index (χ4n) is 3.34. The Balaban J connectivity index is 2.28. The number of rotatable bonds is 11. The number of carbonyl (C=O) groups excluding carboxylic acids is 1. The highest BCUT2D eigenvalue weighted by Gasteiger charge is 2.38. The van der Waals surface area contributed by atoms with Gasteiger partial charge in [0.2, 0.25) is 6.29 Å². The molecule has 28 heavy (non-hydrogen) atoms. The van der Waals surface area contributed by atoms with Crippen LogP contribution in [0.2, 0.25) is 0 Å². The summed E-state index contributed by atoms with van der Waals surface area (Å²) in [5.41, 5.74) is 1.13. The summed E-state index contributed by atoms with van der Waals surface area (Å²) in [6.45, 7) is 2.77. The molecule has 1 amide bonds. The molecule has 1 aliphatic heterocycles. The van der Waals surface area contributed by atoms with Gasteiger partial charge in [-0.1, -0.05) is 0 Å². The quantitative estimate of drug-likeness (QED) is 0.562. The van der Waals surface area contributed by atoms with Gasteiger partial charge in [0, 0.05) is 46.3 Å². The summed E-state index contributed by atoms with van der Waals surface area (Å²) in [7, 11) is 4.75. The number of aliphatic hydroxyl groups excluding tert-OH is 1. The van der Waals surface area contributed by atoms with E-state index in [1.165, 1.54) is 19.1 Å². The summed E-state index contributed by atoms with van der Waals surface area (Å²) >= 11 is 1.62. The second-order valence-corrected chi connectivity index (χ2v) is 7.45. The molecule has 0 radical (unpaired) electrons. The third kappa shape index (κ3) is 5.78. The van der Waals surface area contributed by atoms with Crippen molar-refractivity contribution in [1.29, 1.82) is 0 Å². The lowest BCUT2D eigenvalue weighted by Gasteiger charge is -2.37. The molecule has 0 aliphatic carbocycles. The van der Waals surface area contributed by atoms with Gasteiger partial charge in [-0.25, -0.2) is 0 Å². The number of likely N-dealkylation sites (N-methyl/N-ethyl adjacent to an activating group) is 1. The molecule has 8 heteroatoms. The topological polar surface area (TPSA) is 77.5 Å². The lowest BCUT2D eigenvalue weighted by Crippen LogP contribution is -2.41. The fraction of sp³-hybridized carbons (Fsp3) is 0.650. The summed E-state index contributed by atoms with van der Waals surface area (Å²) < 4.78 is 22.2. The molecular weight excluding hydrogens is 382 g/mol. The molecule has 2 rings (SSSR count). The number of nitrogens with zero attached hydrogens (tertiary/aromatic N) is 1. The van der Waals surface area contributed by atoms with Crippen molar-refractivity contribution in [3.05, 3.63) is 34.2 Å². The lowest BCUT2D eigenvalue weighted by atomic mass is 9.81. The van der Waals surface area contributed by atoms with Crippen LogP contribution in [0.4, 0.5) is 0 Å². The van der Waals surface area contributed by atoms with Crippen LogP contribution in [0.15, 0.2) is 28.7 Å². The number of hydrogen-bond donors (Lipinski definition) is 1. The van der Waals surface area contributed by atoms with Crippen LogP contribution in [0.1, 0.15) is 31.2 Å². The van der Waals surface area contributed by atoms with Gasteiger partial charge in [0.05, 0.1) is 6.54 Å². The molecule has 158 valence electrons. The highest BCUT2D eigenvalue weighted by Crippen LogP contribution is 2.40. The van der Waals surface area contributed by atoms with Gasteiger partial charge in [-0.2, -0.15) is 11.3 Å². The van der Waals surface area contributed by atoms with Gasteiger partial charge in [-0.3, -0.25) is 4.79 Å². The van der Waals surface area contributed by atoms with Crippen molar-refractivity contribution in [1.82, 2.24) is 4.90 Å². The van der Waals surface area contributed by atoms with Crippen LogP contribution in [-0.4, -0.2) is 69.5 Å². The first-order chi connectivity index (χ1) is 13.5. The third-order valence-corrected chi connectivity index (χ3v) is 5.55. The zero-order valence-electron chi connectivity index (χ0n) is 17.0. The largest absolute Gasteiger partial charge is 0.459 e. The minimum Gasteiger partial charge on any atom is -0.459 e. The predicted molar refractivity (Wildman–Crippen MR) is 107 cm³/mol. The highest BCUT2D eigenvalue weighted by molar-refractivity contribution is 7.08. The molecule has 7 nitrogen and oxygen atoms in total. The first kappa shape index (κ1) is 22.8. The van der Waals surface area contributed by atoms with E-state index in [0.29, 0.717) is 13.0 Å². The van der Waals surface area contributed by atoms with Gasteiger partial charge in [-0.05, 0) is 48.2 Å². The number of ether oxygens (including phenoxy) is 4. The van der Waals surface area contributed by atoms with Gasteiger partial charge in [0.15, 0.2) is 12.0 Å². The second kappa shape index (κ2) is 11.5. The molecule has 0 aromatic carbocycles. The summed E-state index contributed by atoms with van der Waals surface area (Å²) in [5, 5.41) is 13.4. The Morgan fingerprint density at radius 3 is 2.71 bits per heavy atom. The molecule has 1 aliphatic rings. The summed E-state index contributed by atoms with van der Waals surface area (Å²) in [4.78, 5) is 14.5. The number of methoxy groups -OCH3 is 2. The molecule has 0 bridgehead atoms. The maximum absolute atomic E-state index is 13.0. The Labute approximate surface area is 170 Å². The van der Waals surface area contributed by atoms with Crippen molar-refractivity contribution in [2.24, 2.45) is 5.92 Å². The molecule has 0 saturated heterocycles. The maximum atomic E-state index is 13.0. The molecule has 1 aromatic rings. The predicted octanol–water partition coefficient (Wildman–Crippen LogP) is 2.57. The monoisotopic (exact) mass is 413 g/mol. The summed E-state index contributed by atoms with van der Waals surface area (Å²) in [6.07, 6.45) is 2.22. The normalized spacial score (nSPS) is 22.1. The van der Waals surface area contributed by atoms with Crippen LogP contribution >= 0.6 is 11.3 Å². The molecule has 3 atom stereocenters. The average molecular weight is 414 g/mol. The zero-order valence-corrected chi connectivity index (χ0v) is 17.8. The highest BCUT2D eigenvalue weighted by atomic mass is 32.1. The Morgan fingerprint density at radius 2 is 2.14 bits per heavy atom. The molecule has 0 saturated carbocycles. The third-order valence-electron chi connectivity index (χ3n) is 4.85. The number of allylic oxidation sites excluding steroid dienone is 1. The SMILES string of the molecule is CCO[C@H]1OC(C(=O)N(C)CC(OC)OC)=C[C@@H](c2ccsc2)[C@H]1CCCO. The van der Waals surface area contributed by atoms with Gasteiger partial charge >= 0.3 is 0 Å². The number of hydrogen-bond acceptors (Lipinski definition) is 7. The van der Waals surface area contributed by atoms with Crippen LogP contribution in [0.3, 0.4) is 0 Å². The number of thiophene rings is 1. The number of carbonyl (C=O) groups is 1. The van der Waals surface area contributed by atoms with E-state index in [4.69, 9.17) is 18.9 Å². The molecule has 1 N–H and O–H groups in total. The van der Waals surface area contributed by atoms with E-state index < -0.39 is 12.6 Å². The van der Waals surface area contributed by atoms with Crippen LogP contribution in [0.25, 0.3) is 0 Å². The number of amides is 1. The van der Waals surface area contributed by atoms with E-state index in [1.54, 1.807) is 18.4 Å². The Bertz CT molecular complexity index is 616. The first-order valence-electron chi connectivity index (χ1n) is 9.49. The minimum atomic E-state index is -0.542. The molecule has 0 spiro atoms. The van der Waals surface area contributed by atoms with Crippen LogP contribution in [0.5, 0.6) is 0 Å². The molecule has 1 aromatic heterocycles. The lowest BCUT2D eigenvalue weighted by molar-refractivity contribution is -0.172. The molecule has 0 unspecified atom stereocenters. The van der Waals surface area contributed by atoms with E-state index in [2.05, 4.69) is 11.4 Å². The van der Waals surface area contributed by atoms with Crippen LogP contribution < -0.4 is 0 Å². The zero-order chi connectivity index (χ0) is 20.5. The van der Waals surface area contributed by atoms with Gasteiger partial charge in [0.1, 0.15) is 0 Å². The maximum Gasteiger partial charge on any atom is 0.288 e. The van der Waals surface area contributed by atoms with Crippen molar-refractivity contribution < 1.29 is 28.8 Å². The van der Waals surface area contributed by atoms with Crippen molar-refractivity contribution >= 4 is 17.2 Å². The molecule has 0 fully saturated rings. The smallest absolute Gasteiger partial charge is 0.288 e. The fourth-order valence-corrected chi connectivity index (χ4v) is 4.05. The van der Waals surface area contributed by atoms with Gasteiger partial charge < -0.3 is 29.0 Å². The van der Waals surface area contributed by atoms with E-state index in [-0.39, 0.29) is 36.7 Å². The van der Waals surface area contributed by atoms with Crippen molar-refractivity contribution in [3.63, 3.8) is 0 Å². The second-order valence-electron chi connectivity index (χ2n) is 6.67. The first-order valence-corrected chi connectivity index (χ1v) is 10.4. The van der Waals surface area contributed by atoms with E-state index >= 15 is 0 Å². The minimum absolute atomic E-state index is 0.0175. The van der Waals surface area contributed by atoms with Crippen molar-refractivity contribution in [2.45, 2.75) is 38.3 Å². The Kier molecular flexibility index (Phi) is 9.40. The van der Waals surface area contributed by atoms with E-state index in [9.17, 15) is 9.90 Å². The van der Waals surface area contributed by atoms with Crippen LogP contribution in [0, 0.1) is 5.92 Å².